The first kappa shape index (κ1) is 20.3. The highest BCUT2D eigenvalue weighted by Crippen LogP contribution is 2.26. The van der Waals surface area contributed by atoms with Crippen molar-refractivity contribution in [2.75, 3.05) is 24.8 Å². The molecule has 150 valence electrons. The van der Waals surface area contributed by atoms with Crippen molar-refractivity contribution in [2.45, 2.75) is 38.8 Å². The van der Waals surface area contributed by atoms with Crippen molar-refractivity contribution in [3.8, 4) is 5.75 Å². The molecule has 10 heteroatoms. The van der Waals surface area contributed by atoms with Crippen LogP contribution < -0.4 is 15.8 Å². The molecule has 0 aliphatic carbocycles. The number of halogens is 1. The normalized spacial score (nSPS) is 12.3. The first-order valence-corrected chi connectivity index (χ1v) is 9.89. The lowest BCUT2D eigenvalue weighted by atomic mass is 10.1. The van der Waals surface area contributed by atoms with Gasteiger partial charge in [0.15, 0.2) is 5.82 Å². The molecule has 1 atom stereocenters. The van der Waals surface area contributed by atoms with Crippen molar-refractivity contribution in [3.05, 3.63) is 28.6 Å². The van der Waals surface area contributed by atoms with E-state index in [1.165, 1.54) is 0 Å². The minimum atomic E-state index is 0.0798. The first-order chi connectivity index (χ1) is 13.5. The zero-order chi connectivity index (χ0) is 20.1. The number of nitrogens with zero attached hydrogens (tertiary/aromatic N) is 5. The Labute approximate surface area is 171 Å². The van der Waals surface area contributed by atoms with Gasteiger partial charge in [-0.05, 0) is 34.8 Å². The van der Waals surface area contributed by atoms with Gasteiger partial charge in [0, 0.05) is 23.3 Å². The Morgan fingerprint density at radius 2 is 2.14 bits per heavy atom. The topological polar surface area (TPSA) is 124 Å². The van der Waals surface area contributed by atoms with Crippen molar-refractivity contribution in [1.29, 1.82) is 0 Å². The van der Waals surface area contributed by atoms with E-state index < -0.39 is 0 Å². The van der Waals surface area contributed by atoms with Gasteiger partial charge in [0.05, 0.1) is 19.9 Å². The van der Waals surface area contributed by atoms with Gasteiger partial charge >= 0.3 is 0 Å². The number of methoxy groups -OCH3 is 1. The number of fused-ring (bicyclic) bond motifs is 1. The molecule has 9 nitrogen and oxygen atoms in total. The predicted octanol–water partition coefficient (Wildman–Crippen LogP) is 2.59. The largest absolute Gasteiger partial charge is 0.495 e. The number of nitrogens with one attached hydrogen (secondary N) is 1. The molecule has 1 unspecified atom stereocenters. The van der Waals surface area contributed by atoms with Crippen LogP contribution in [0.4, 0.5) is 11.8 Å². The molecule has 0 spiro atoms. The number of anilines is 2. The zero-order valence-electron chi connectivity index (χ0n) is 15.9. The fourth-order valence-electron chi connectivity index (χ4n) is 3.11. The number of nitrogen functional groups attached to an aromatic ring is 1. The summed E-state index contributed by atoms with van der Waals surface area (Å²) in [6.07, 6.45) is 5.89. The van der Waals surface area contributed by atoms with Crippen LogP contribution in [0, 0.1) is 0 Å². The van der Waals surface area contributed by atoms with Gasteiger partial charge in [0.2, 0.25) is 5.95 Å². The van der Waals surface area contributed by atoms with Crippen molar-refractivity contribution < 1.29 is 9.84 Å². The lowest BCUT2D eigenvalue weighted by molar-refractivity contribution is 0.276. The molecule has 0 aliphatic heterocycles. The molecule has 0 radical (unpaired) electrons. The Bertz CT molecular complexity index is 941. The van der Waals surface area contributed by atoms with Gasteiger partial charge in [-0.1, -0.05) is 13.3 Å². The summed E-state index contributed by atoms with van der Waals surface area (Å²) in [6, 6.07) is 1.94. The Balaban J connectivity index is 2.00. The van der Waals surface area contributed by atoms with Crippen LogP contribution in [0.1, 0.15) is 31.9 Å². The summed E-state index contributed by atoms with van der Waals surface area (Å²) in [5.74, 6) is 1.43. The molecule has 3 aromatic rings. The van der Waals surface area contributed by atoms with Crippen LogP contribution >= 0.6 is 15.9 Å². The number of ether oxygens (including phenoxy) is 1. The lowest BCUT2D eigenvalue weighted by Crippen LogP contribution is -2.22. The van der Waals surface area contributed by atoms with Crippen LogP contribution in [0.5, 0.6) is 5.75 Å². The van der Waals surface area contributed by atoms with E-state index in [9.17, 15) is 5.11 Å². The summed E-state index contributed by atoms with van der Waals surface area (Å²) < 4.78 is 8.05. The molecule has 3 aromatic heterocycles. The van der Waals surface area contributed by atoms with E-state index in [4.69, 9.17) is 10.5 Å². The molecule has 0 aliphatic rings. The minimum Gasteiger partial charge on any atom is -0.495 e. The van der Waals surface area contributed by atoms with Crippen molar-refractivity contribution in [2.24, 2.45) is 0 Å². The highest BCUT2D eigenvalue weighted by molar-refractivity contribution is 9.10. The maximum atomic E-state index is 9.36. The third kappa shape index (κ3) is 4.50. The molecule has 3 heterocycles. The van der Waals surface area contributed by atoms with Crippen molar-refractivity contribution in [3.63, 3.8) is 0 Å². The van der Waals surface area contributed by atoms with E-state index in [1.807, 2.05) is 6.07 Å². The molecule has 4 N–H and O–H groups in total. The molecule has 0 amide bonds. The standard InChI is InChI=1S/C18H24BrN7O2/c1-3-4-12(5-6-27)23-17-16-13(24-18(20)25-17)9-22-26(16)10-14-15(28-2)7-11(19)8-21-14/h7-9,12,27H,3-6,10H2,1-2H3,(H3,20,23,24,25). The Kier molecular flexibility index (Phi) is 6.63. The molecular formula is C18H24BrN7O2. The average molecular weight is 450 g/mol. The average Bonchev–Trinajstić information content (AvgIpc) is 3.06. The molecule has 3 rings (SSSR count). The number of aliphatic hydroxyl groups excluding tert-OH is 1. The molecular weight excluding hydrogens is 426 g/mol. The summed E-state index contributed by atoms with van der Waals surface area (Å²) in [5.41, 5.74) is 8.00. The maximum absolute atomic E-state index is 9.36. The molecule has 0 aromatic carbocycles. The molecule has 0 bridgehead atoms. The molecule has 0 fully saturated rings. The number of aromatic nitrogens is 5. The summed E-state index contributed by atoms with van der Waals surface area (Å²) in [4.78, 5) is 13.1. The fourth-order valence-corrected chi connectivity index (χ4v) is 3.42. The van der Waals surface area contributed by atoms with Crippen LogP contribution in [0.2, 0.25) is 0 Å². The molecule has 28 heavy (non-hydrogen) atoms. The van der Waals surface area contributed by atoms with E-state index in [0.717, 1.165) is 28.5 Å². The fraction of sp³-hybridized carbons (Fsp3) is 0.444. The van der Waals surface area contributed by atoms with Gasteiger partial charge in [0.1, 0.15) is 22.5 Å². The first-order valence-electron chi connectivity index (χ1n) is 9.10. The summed E-state index contributed by atoms with van der Waals surface area (Å²) in [7, 11) is 1.61. The highest BCUT2D eigenvalue weighted by Gasteiger charge is 2.17. The summed E-state index contributed by atoms with van der Waals surface area (Å²) in [5, 5.41) is 17.2. The zero-order valence-corrected chi connectivity index (χ0v) is 17.5. The molecule has 0 saturated carbocycles. The number of nitrogens with two attached hydrogens (primary N) is 1. The number of hydrogen-bond donors (Lipinski definition) is 3. The van der Waals surface area contributed by atoms with Gasteiger partial charge in [0.25, 0.3) is 0 Å². The highest BCUT2D eigenvalue weighted by atomic mass is 79.9. The quantitative estimate of drug-likeness (QED) is 0.455. The second-order valence-corrected chi connectivity index (χ2v) is 7.33. The van der Waals surface area contributed by atoms with Gasteiger partial charge < -0.3 is 20.9 Å². The Morgan fingerprint density at radius 1 is 1.32 bits per heavy atom. The van der Waals surface area contributed by atoms with Gasteiger partial charge in [-0.3, -0.25) is 9.67 Å². The van der Waals surface area contributed by atoms with Crippen molar-refractivity contribution >= 4 is 38.7 Å². The number of rotatable bonds is 9. The smallest absolute Gasteiger partial charge is 0.222 e. The summed E-state index contributed by atoms with van der Waals surface area (Å²) >= 11 is 3.40. The second-order valence-electron chi connectivity index (χ2n) is 6.41. The van der Waals surface area contributed by atoms with Crippen LogP contribution in [-0.4, -0.2) is 49.6 Å². The SMILES string of the molecule is CCCC(CCO)Nc1nc(N)nc2cnn(Cc3ncc(Br)cc3OC)c12. The lowest BCUT2D eigenvalue weighted by Gasteiger charge is -2.19. The molecule has 0 saturated heterocycles. The third-order valence-corrected chi connectivity index (χ3v) is 4.81. The van der Waals surface area contributed by atoms with Crippen LogP contribution in [0.15, 0.2) is 22.9 Å². The van der Waals surface area contributed by atoms with E-state index in [0.29, 0.717) is 30.0 Å². The van der Waals surface area contributed by atoms with E-state index >= 15 is 0 Å². The van der Waals surface area contributed by atoms with Gasteiger partial charge in [-0.2, -0.15) is 10.1 Å². The van der Waals surface area contributed by atoms with Crippen molar-refractivity contribution in [1.82, 2.24) is 24.7 Å². The maximum Gasteiger partial charge on any atom is 0.222 e. The van der Waals surface area contributed by atoms with E-state index in [2.05, 4.69) is 48.2 Å². The summed E-state index contributed by atoms with van der Waals surface area (Å²) in [6.45, 7) is 2.59. The monoisotopic (exact) mass is 449 g/mol. The Hall–Kier alpha value is -2.46. The second kappa shape index (κ2) is 9.16. The number of hydrogen-bond acceptors (Lipinski definition) is 8. The predicted molar refractivity (Wildman–Crippen MR) is 111 cm³/mol. The van der Waals surface area contributed by atoms with Gasteiger partial charge in [-0.15, -0.1) is 0 Å². The van der Waals surface area contributed by atoms with E-state index in [1.54, 1.807) is 24.2 Å². The van der Waals surface area contributed by atoms with Crippen LogP contribution in [0.25, 0.3) is 11.0 Å². The van der Waals surface area contributed by atoms with Gasteiger partial charge in [-0.25, -0.2) is 4.98 Å². The van der Waals surface area contributed by atoms with E-state index in [-0.39, 0.29) is 18.6 Å². The van der Waals surface area contributed by atoms with Crippen LogP contribution in [0.3, 0.4) is 0 Å². The Morgan fingerprint density at radius 3 is 2.86 bits per heavy atom. The number of aliphatic hydroxyl groups is 1. The minimum absolute atomic E-state index is 0.0798. The van der Waals surface area contributed by atoms with Crippen LogP contribution in [-0.2, 0) is 6.54 Å². The number of pyridine rings is 1. The third-order valence-electron chi connectivity index (χ3n) is 4.38.